The summed E-state index contributed by atoms with van der Waals surface area (Å²) in [4.78, 5) is 24.0. The summed E-state index contributed by atoms with van der Waals surface area (Å²) in [5.41, 5.74) is 0.00739. The Morgan fingerprint density at radius 1 is 1.32 bits per heavy atom. The van der Waals surface area contributed by atoms with Crippen LogP contribution < -0.4 is 10.6 Å². The topological polar surface area (TPSA) is 67.4 Å². The highest BCUT2D eigenvalue weighted by Crippen LogP contribution is 2.51. The minimum Gasteiger partial charge on any atom is -0.377 e. The number of carbonyl (C=O) groups excluding carboxylic acids is 2. The van der Waals surface area contributed by atoms with Gasteiger partial charge in [-0.1, -0.05) is 20.3 Å². The van der Waals surface area contributed by atoms with Gasteiger partial charge in [0.15, 0.2) is 0 Å². The predicted molar refractivity (Wildman–Crippen MR) is 83.2 cm³/mol. The molecule has 0 aromatic heterocycles. The van der Waals surface area contributed by atoms with Crippen molar-refractivity contribution in [2.75, 3.05) is 6.61 Å². The number of carbonyl (C=O) groups is 2. The summed E-state index contributed by atoms with van der Waals surface area (Å²) in [5.74, 6) is 0.603. The molecule has 0 spiro atoms. The average Bonchev–Trinajstić information content (AvgIpc) is 2.69. The molecule has 2 saturated heterocycles. The SMILES string of the molecule is CC1(C)C(NC(=O)CC2CCCCC(=O)N2)C2CCCOC21. The van der Waals surface area contributed by atoms with Gasteiger partial charge < -0.3 is 15.4 Å². The lowest BCUT2D eigenvalue weighted by Gasteiger charge is -2.59. The maximum atomic E-state index is 12.4. The zero-order chi connectivity index (χ0) is 15.7. The van der Waals surface area contributed by atoms with Crippen LogP contribution in [-0.4, -0.2) is 36.6 Å². The zero-order valence-corrected chi connectivity index (χ0v) is 13.7. The monoisotopic (exact) mass is 308 g/mol. The van der Waals surface area contributed by atoms with Gasteiger partial charge in [0.1, 0.15) is 0 Å². The van der Waals surface area contributed by atoms with Crippen molar-refractivity contribution in [3.8, 4) is 0 Å². The van der Waals surface area contributed by atoms with Crippen molar-refractivity contribution in [2.24, 2.45) is 11.3 Å². The third-order valence-electron chi connectivity index (χ3n) is 5.65. The minimum absolute atomic E-state index is 0.00316. The number of fused-ring (bicyclic) bond motifs is 1. The third kappa shape index (κ3) is 3.00. The van der Waals surface area contributed by atoms with Crippen LogP contribution in [0.5, 0.6) is 0 Å². The highest BCUT2D eigenvalue weighted by molar-refractivity contribution is 5.80. The van der Waals surface area contributed by atoms with Crippen LogP contribution in [0, 0.1) is 11.3 Å². The first-order valence-electron chi connectivity index (χ1n) is 8.69. The second-order valence-electron chi connectivity index (χ2n) is 7.68. The van der Waals surface area contributed by atoms with E-state index in [0.717, 1.165) is 38.7 Å². The average molecular weight is 308 g/mol. The molecule has 124 valence electrons. The third-order valence-corrected chi connectivity index (χ3v) is 5.65. The molecule has 3 aliphatic rings. The lowest BCUT2D eigenvalue weighted by atomic mass is 9.55. The normalized spacial score (nSPS) is 37.3. The lowest BCUT2D eigenvalue weighted by molar-refractivity contribution is -0.193. The van der Waals surface area contributed by atoms with Crippen LogP contribution in [0.1, 0.15) is 58.8 Å². The summed E-state index contributed by atoms with van der Waals surface area (Å²) in [5, 5.41) is 6.19. The van der Waals surface area contributed by atoms with E-state index < -0.39 is 0 Å². The molecule has 3 fully saturated rings. The summed E-state index contributed by atoms with van der Waals surface area (Å²) in [6.45, 7) is 5.20. The van der Waals surface area contributed by atoms with Crippen LogP contribution in [0.15, 0.2) is 0 Å². The van der Waals surface area contributed by atoms with Crippen LogP contribution in [-0.2, 0) is 14.3 Å². The first kappa shape index (κ1) is 15.8. The van der Waals surface area contributed by atoms with Gasteiger partial charge in [0.05, 0.1) is 6.10 Å². The highest BCUT2D eigenvalue weighted by Gasteiger charge is 2.58. The quantitative estimate of drug-likeness (QED) is 0.835. The van der Waals surface area contributed by atoms with Gasteiger partial charge in [-0.25, -0.2) is 0 Å². The lowest BCUT2D eigenvalue weighted by Crippen LogP contribution is -2.70. The Hall–Kier alpha value is -1.10. The van der Waals surface area contributed by atoms with Crippen LogP contribution in [0.2, 0.25) is 0 Å². The number of hydrogen-bond donors (Lipinski definition) is 2. The molecule has 2 aliphatic heterocycles. The summed E-state index contributed by atoms with van der Waals surface area (Å²) in [7, 11) is 0. The van der Waals surface area contributed by atoms with Crippen molar-refractivity contribution in [3.63, 3.8) is 0 Å². The number of amides is 2. The van der Waals surface area contributed by atoms with Crippen LogP contribution >= 0.6 is 0 Å². The van der Waals surface area contributed by atoms with Crippen molar-refractivity contribution < 1.29 is 14.3 Å². The standard InChI is InChI=1S/C17H28N2O3/c1-17(2)15(12-7-5-9-22-16(12)17)19-14(21)10-11-6-3-4-8-13(20)18-11/h11-12,15-16H,3-10H2,1-2H3,(H,18,20)(H,19,21). The molecule has 5 heteroatoms. The molecule has 3 rings (SSSR count). The molecule has 0 bridgehead atoms. The van der Waals surface area contributed by atoms with Crippen molar-refractivity contribution in [3.05, 3.63) is 0 Å². The Morgan fingerprint density at radius 2 is 2.14 bits per heavy atom. The van der Waals surface area contributed by atoms with Crippen molar-refractivity contribution in [1.82, 2.24) is 10.6 Å². The van der Waals surface area contributed by atoms with Gasteiger partial charge in [-0.05, 0) is 25.7 Å². The Balaban J connectivity index is 1.54. The molecule has 5 nitrogen and oxygen atoms in total. The minimum atomic E-state index is -0.00316. The van der Waals surface area contributed by atoms with Crippen LogP contribution in [0.25, 0.3) is 0 Å². The zero-order valence-electron chi connectivity index (χ0n) is 13.7. The van der Waals surface area contributed by atoms with E-state index in [4.69, 9.17) is 4.74 Å². The van der Waals surface area contributed by atoms with Crippen LogP contribution in [0.4, 0.5) is 0 Å². The molecule has 2 N–H and O–H groups in total. The van der Waals surface area contributed by atoms with Crippen molar-refractivity contribution in [1.29, 1.82) is 0 Å². The van der Waals surface area contributed by atoms with Gasteiger partial charge in [-0.15, -0.1) is 0 Å². The predicted octanol–water partition coefficient (Wildman–Crippen LogP) is 1.76. The molecule has 0 radical (unpaired) electrons. The molecule has 1 aliphatic carbocycles. The Labute approximate surface area is 132 Å². The van der Waals surface area contributed by atoms with E-state index >= 15 is 0 Å². The van der Waals surface area contributed by atoms with Gasteiger partial charge >= 0.3 is 0 Å². The number of nitrogens with one attached hydrogen (secondary N) is 2. The van der Waals surface area contributed by atoms with Crippen LogP contribution in [0.3, 0.4) is 0 Å². The van der Waals surface area contributed by atoms with E-state index in [0.29, 0.717) is 18.8 Å². The summed E-state index contributed by atoms with van der Waals surface area (Å²) in [6, 6.07) is 0.198. The maximum absolute atomic E-state index is 12.4. The Bertz CT molecular complexity index is 449. The molecule has 1 saturated carbocycles. The van der Waals surface area contributed by atoms with Gasteiger partial charge in [-0.3, -0.25) is 9.59 Å². The fourth-order valence-electron chi connectivity index (χ4n) is 4.47. The first-order valence-corrected chi connectivity index (χ1v) is 8.69. The fourth-order valence-corrected chi connectivity index (χ4v) is 4.47. The fraction of sp³-hybridized carbons (Fsp3) is 0.882. The van der Waals surface area contributed by atoms with Crippen molar-refractivity contribution in [2.45, 2.75) is 77.0 Å². The molecular formula is C17H28N2O3. The van der Waals surface area contributed by atoms with E-state index in [1.165, 1.54) is 0 Å². The molecule has 0 aromatic rings. The second kappa shape index (κ2) is 6.19. The molecule has 2 heterocycles. The van der Waals surface area contributed by atoms with Gasteiger partial charge in [0.25, 0.3) is 0 Å². The van der Waals surface area contributed by atoms with E-state index in [-0.39, 0.29) is 35.4 Å². The molecule has 4 atom stereocenters. The van der Waals surface area contributed by atoms with Crippen molar-refractivity contribution >= 4 is 11.8 Å². The maximum Gasteiger partial charge on any atom is 0.222 e. The van der Waals surface area contributed by atoms with E-state index in [1.807, 2.05) is 0 Å². The Kier molecular flexibility index (Phi) is 4.44. The molecule has 4 unspecified atom stereocenters. The molecule has 0 aromatic carbocycles. The molecule has 2 amide bonds. The number of hydrogen-bond acceptors (Lipinski definition) is 3. The smallest absolute Gasteiger partial charge is 0.222 e. The van der Waals surface area contributed by atoms with E-state index in [2.05, 4.69) is 24.5 Å². The van der Waals surface area contributed by atoms with E-state index in [9.17, 15) is 9.59 Å². The summed E-state index contributed by atoms with van der Waals surface area (Å²) in [6.07, 6.45) is 6.35. The Morgan fingerprint density at radius 3 is 2.95 bits per heavy atom. The second-order valence-corrected chi connectivity index (χ2v) is 7.68. The summed E-state index contributed by atoms with van der Waals surface area (Å²) < 4.78 is 5.88. The van der Waals surface area contributed by atoms with Gasteiger partial charge in [-0.2, -0.15) is 0 Å². The van der Waals surface area contributed by atoms with Gasteiger partial charge in [0.2, 0.25) is 11.8 Å². The molecule has 22 heavy (non-hydrogen) atoms. The summed E-state index contributed by atoms with van der Waals surface area (Å²) >= 11 is 0. The highest BCUT2D eigenvalue weighted by atomic mass is 16.5. The number of rotatable bonds is 3. The van der Waals surface area contributed by atoms with E-state index in [1.54, 1.807) is 0 Å². The largest absolute Gasteiger partial charge is 0.377 e. The van der Waals surface area contributed by atoms with Gasteiger partial charge in [0, 0.05) is 42.9 Å². The number of ether oxygens (including phenoxy) is 1. The molecular weight excluding hydrogens is 280 g/mol. The first-order chi connectivity index (χ1) is 10.5.